The first-order valence-corrected chi connectivity index (χ1v) is 16.4. The second kappa shape index (κ2) is 12.8. The lowest BCUT2D eigenvalue weighted by Gasteiger charge is -2.69. The number of carbonyl (C=O) groups excluding carboxylic acids is 5. The molecule has 5 rings (SSSR count). The van der Waals surface area contributed by atoms with Gasteiger partial charge in [-0.15, -0.1) is 6.58 Å². The van der Waals surface area contributed by atoms with E-state index in [0.717, 1.165) is 6.92 Å². The predicted octanol–water partition coefficient (Wildman–Crippen LogP) is 4.24. The van der Waals surface area contributed by atoms with Crippen molar-refractivity contribution in [2.75, 3.05) is 0 Å². The van der Waals surface area contributed by atoms with Crippen molar-refractivity contribution < 1.29 is 53.1 Å². The first kappa shape index (κ1) is 35.9. The quantitative estimate of drug-likeness (QED) is 0.245. The first-order chi connectivity index (χ1) is 22.9. The zero-order valence-electron chi connectivity index (χ0n) is 28.6. The van der Waals surface area contributed by atoms with Gasteiger partial charge in [0.1, 0.15) is 30.5 Å². The second-order valence-corrected chi connectivity index (χ2v) is 14.6. The zero-order chi connectivity index (χ0) is 36.1. The standard InChI is InChI=1S/C38H44O11/c1-8-36(6)20-25(48-32(42)23-15-11-9-12-16-23)29-37(7)26(19-27(46-21(2)39)38(29,45)34(36)44)35(4,5)30(47-22(3)40)28(41)31(37)49-33(43)24-17-13-10-14-18-24/h8-18,25-31,41,45H,1,19-20H2,2-7H3/t25-,26+,27-,28+,29-,30-,31+,36+,37+,38+/m1/s1. The van der Waals surface area contributed by atoms with Crippen LogP contribution < -0.4 is 0 Å². The highest BCUT2D eigenvalue weighted by Crippen LogP contribution is 2.67. The summed E-state index contributed by atoms with van der Waals surface area (Å²) in [5, 5.41) is 25.1. The van der Waals surface area contributed by atoms with Gasteiger partial charge in [0.15, 0.2) is 11.4 Å². The summed E-state index contributed by atoms with van der Waals surface area (Å²) in [4.78, 5) is 67.1. The number of allylic oxidation sites excluding steroid dienone is 1. The lowest BCUT2D eigenvalue weighted by atomic mass is 9.38. The van der Waals surface area contributed by atoms with Crippen LogP contribution in [0, 0.1) is 28.1 Å². The van der Waals surface area contributed by atoms with E-state index in [4.69, 9.17) is 18.9 Å². The van der Waals surface area contributed by atoms with Crippen LogP contribution in [0.5, 0.6) is 0 Å². The van der Waals surface area contributed by atoms with Gasteiger partial charge in [-0.2, -0.15) is 0 Å². The number of aliphatic hydroxyl groups excluding tert-OH is 1. The Morgan fingerprint density at radius 1 is 0.796 bits per heavy atom. The minimum absolute atomic E-state index is 0.126. The van der Waals surface area contributed by atoms with E-state index in [2.05, 4.69) is 6.58 Å². The van der Waals surface area contributed by atoms with E-state index in [0.29, 0.717) is 0 Å². The molecule has 0 unspecified atom stereocenters. The minimum Gasteiger partial charge on any atom is -0.459 e. The van der Waals surface area contributed by atoms with Crippen molar-refractivity contribution in [2.24, 2.45) is 28.1 Å². The summed E-state index contributed by atoms with van der Waals surface area (Å²) >= 11 is 0. The molecule has 0 radical (unpaired) electrons. The van der Waals surface area contributed by atoms with Gasteiger partial charge in [-0.05, 0) is 43.5 Å². The molecule has 3 saturated carbocycles. The lowest BCUT2D eigenvalue weighted by molar-refractivity contribution is -0.313. The largest absolute Gasteiger partial charge is 0.459 e. The molecule has 262 valence electrons. The Morgan fingerprint density at radius 2 is 1.31 bits per heavy atom. The molecule has 2 N–H and O–H groups in total. The summed E-state index contributed by atoms with van der Waals surface area (Å²) in [5.41, 5.74) is -6.28. The molecule has 0 amide bonds. The van der Waals surface area contributed by atoms with Gasteiger partial charge in [0.25, 0.3) is 0 Å². The Kier molecular flexibility index (Phi) is 9.42. The molecule has 0 spiro atoms. The number of hydrogen-bond donors (Lipinski definition) is 2. The van der Waals surface area contributed by atoms with E-state index in [1.807, 2.05) is 0 Å². The maximum Gasteiger partial charge on any atom is 0.338 e. The molecule has 11 nitrogen and oxygen atoms in total. The smallest absolute Gasteiger partial charge is 0.338 e. The van der Waals surface area contributed by atoms with Gasteiger partial charge in [0, 0.05) is 37.0 Å². The van der Waals surface area contributed by atoms with Gasteiger partial charge in [-0.25, -0.2) is 9.59 Å². The number of fused-ring (bicyclic) bond motifs is 3. The number of benzene rings is 2. The molecular formula is C38H44O11. The van der Waals surface area contributed by atoms with Gasteiger partial charge in [0.2, 0.25) is 0 Å². The number of ether oxygens (including phenoxy) is 4. The van der Waals surface area contributed by atoms with Crippen LogP contribution in [-0.2, 0) is 33.3 Å². The molecule has 3 aliphatic carbocycles. The third-order valence-electron chi connectivity index (χ3n) is 11.1. The highest BCUT2D eigenvalue weighted by atomic mass is 16.6. The normalized spacial score (nSPS) is 36.2. The van der Waals surface area contributed by atoms with E-state index in [9.17, 15) is 34.2 Å². The third-order valence-corrected chi connectivity index (χ3v) is 11.1. The Morgan fingerprint density at radius 3 is 1.80 bits per heavy atom. The molecule has 0 aliphatic heterocycles. The predicted molar refractivity (Wildman–Crippen MR) is 175 cm³/mol. The molecule has 10 atom stereocenters. The zero-order valence-corrected chi connectivity index (χ0v) is 28.6. The van der Waals surface area contributed by atoms with Crippen LogP contribution in [0.2, 0.25) is 0 Å². The number of hydrogen-bond acceptors (Lipinski definition) is 11. The molecule has 2 aromatic rings. The maximum atomic E-state index is 14.7. The number of carbonyl (C=O) groups is 5. The number of Topliss-reactive ketones (excluding diaryl/α,β-unsaturated/α-hetero) is 1. The topological polar surface area (TPSA) is 163 Å². The van der Waals surface area contributed by atoms with Crippen LogP contribution in [0.15, 0.2) is 73.3 Å². The fourth-order valence-electron chi connectivity index (χ4n) is 9.00. The molecule has 0 aromatic heterocycles. The van der Waals surface area contributed by atoms with Crippen molar-refractivity contribution >= 4 is 29.7 Å². The van der Waals surface area contributed by atoms with Crippen LogP contribution >= 0.6 is 0 Å². The highest BCUT2D eigenvalue weighted by molar-refractivity contribution is 5.97. The molecule has 2 aromatic carbocycles. The van der Waals surface area contributed by atoms with Crippen molar-refractivity contribution in [3.8, 4) is 0 Å². The van der Waals surface area contributed by atoms with Crippen molar-refractivity contribution in [1.29, 1.82) is 0 Å². The highest BCUT2D eigenvalue weighted by Gasteiger charge is 2.78. The average molecular weight is 677 g/mol. The monoisotopic (exact) mass is 676 g/mol. The number of aliphatic hydroxyl groups is 2. The second-order valence-electron chi connectivity index (χ2n) is 14.6. The molecule has 0 heterocycles. The van der Waals surface area contributed by atoms with Crippen LogP contribution in [0.25, 0.3) is 0 Å². The van der Waals surface area contributed by atoms with E-state index in [1.54, 1.807) is 76.2 Å². The van der Waals surface area contributed by atoms with Gasteiger partial charge in [-0.1, -0.05) is 63.2 Å². The first-order valence-electron chi connectivity index (χ1n) is 16.4. The van der Waals surface area contributed by atoms with Gasteiger partial charge in [0.05, 0.1) is 16.5 Å². The van der Waals surface area contributed by atoms with Crippen LogP contribution in [0.3, 0.4) is 0 Å². The summed E-state index contributed by atoms with van der Waals surface area (Å²) in [6, 6.07) is 16.2. The Hall–Kier alpha value is -4.35. The summed E-state index contributed by atoms with van der Waals surface area (Å²) < 4.78 is 23.8. The van der Waals surface area contributed by atoms with Crippen LogP contribution in [0.4, 0.5) is 0 Å². The van der Waals surface area contributed by atoms with E-state index in [1.165, 1.54) is 25.1 Å². The van der Waals surface area contributed by atoms with E-state index >= 15 is 0 Å². The molecule has 0 saturated heterocycles. The van der Waals surface area contributed by atoms with Crippen molar-refractivity contribution in [2.45, 2.75) is 90.5 Å². The Bertz CT molecular complexity index is 1640. The van der Waals surface area contributed by atoms with Crippen molar-refractivity contribution in [1.82, 2.24) is 0 Å². The molecule has 3 fully saturated rings. The summed E-state index contributed by atoms with van der Waals surface area (Å²) in [5.74, 6) is -5.91. The molecule has 49 heavy (non-hydrogen) atoms. The molecule has 11 heteroatoms. The van der Waals surface area contributed by atoms with Crippen LogP contribution in [0.1, 0.15) is 75.1 Å². The fraction of sp³-hybridized carbons (Fsp3) is 0.500. The summed E-state index contributed by atoms with van der Waals surface area (Å²) in [7, 11) is 0. The van der Waals surface area contributed by atoms with Crippen LogP contribution in [-0.4, -0.2) is 76.0 Å². The van der Waals surface area contributed by atoms with E-state index < -0.39 is 93.9 Å². The SMILES string of the molecule is C=C[C@@]1(C)C[C@@H](OC(=O)c2ccccc2)[C@H]2[C@](O)(C1=O)[C@H](OC(C)=O)C[C@H]1C(C)(C)[C@H](OC(C)=O)[C@H](O)[C@H](OC(=O)c3ccccc3)[C@@]12C. The average Bonchev–Trinajstić information content (AvgIpc) is 3.05. The molecule has 3 aliphatic rings. The molecule has 0 bridgehead atoms. The minimum atomic E-state index is -2.51. The summed E-state index contributed by atoms with van der Waals surface area (Å²) in [6.45, 7) is 12.9. The summed E-state index contributed by atoms with van der Waals surface area (Å²) in [6.07, 6.45) is -6.03. The fourth-order valence-corrected chi connectivity index (χ4v) is 9.00. The van der Waals surface area contributed by atoms with Crippen molar-refractivity contribution in [3.05, 3.63) is 84.4 Å². The van der Waals surface area contributed by atoms with E-state index in [-0.39, 0.29) is 24.0 Å². The Labute approximate surface area is 285 Å². The molecular weight excluding hydrogens is 632 g/mol. The number of ketones is 1. The number of rotatable bonds is 7. The van der Waals surface area contributed by atoms with Gasteiger partial charge < -0.3 is 29.2 Å². The Balaban J connectivity index is 1.77. The van der Waals surface area contributed by atoms with Gasteiger partial charge in [-0.3, -0.25) is 14.4 Å². The number of esters is 4. The van der Waals surface area contributed by atoms with Gasteiger partial charge >= 0.3 is 23.9 Å². The maximum absolute atomic E-state index is 14.7. The lowest BCUT2D eigenvalue weighted by Crippen LogP contribution is -2.80. The van der Waals surface area contributed by atoms with Crippen molar-refractivity contribution in [3.63, 3.8) is 0 Å². The third kappa shape index (κ3) is 5.86.